The summed E-state index contributed by atoms with van der Waals surface area (Å²) in [5.41, 5.74) is 6.39. The maximum Gasteiger partial charge on any atom is 0.322 e. The van der Waals surface area contributed by atoms with Gasteiger partial charge < -0.3 is 16.0 Å². The highest BCUT2D eigenvalue weighted by Gasteiger charge is 2.29. The van der Waals surface area contributed by atoms with E-state index >= 15 is 0 Å². The molecule has 1 heterocycles. The highest BCUT2D eigenvalue weighted by atomic mass is 19.1. The van der Waals surface area contributed by atoms with Gasteiger partial charge in [-0.15, -0.1) is 0 Å². The molecular weight excluding hydrogens is 257 g/mol. The van der Waals surface area contributed by atoms with Gasteiger partial charge in [-0.25, -0.2) is 9.18 Å². The fourth-order valence-electron chi connectivity index (χ4n) is 2.72. The van der Waals surface area contributed by atoms with Crippen LogP contribution in [0.2, 0.25) is 0 Å². The summed E-state index contributed by atoms with van der Waals surface area (Å²) in [6.45, 7) is 3.38. The lowest BCUT2D eigenvalue weighted by molar-refractivity contribution is 0.138. The van der Waals surface area contributed by atoms with Crippen LogP contribution in [0.4, 0.5) is 14.9 Å². The summed E-state index contributed by atoms with van der Waals surface area (Å²) >= 11 is 0. The number of likely N-dealkylation sites (tertiary alicyclic amines) is 1. The minimum Gasteiger partial charge on any atom is -0.328 e. The number of hydrogen-bond acceptors (Lipinski definition) is 2. The Bertz CT molecular complexity index is 449. The van der Waals surface area contributed by atoms with E-state index in [9.17, 15) is 9.18 Å². The van der Waals surface area contributed by atoms with Crippen molar-refractivity contribution in [2.24, 2.45) is 11.7 Å². The van der Waals surface area contributed by atoms with Crippen molar-refractivity contribution in [2.75, 3.05) is 18.4 Å². The Kier molecular flexibility index (Phi) is 4.95. The molecule has 0 saturated carbocycles. The predicted molar refractivity (Wildman–Crippen MR) is 78.0 cm³/mol. The zero-order chi connectivity index (χ0) is 14.5. The maximum absolute atomic E-state index is 12.8. The van der Waals surface area contributed by atoms with Crippen LogP contribution in [0, 0.1) is 11.7 Å². The molecule has 1 aromatic rings. The Labute approximate surface area is 119 Å². The third-order valence-electron chi connectivity index (χ3n) is 4.03. The van der Waals surface area contributed by atoms with Crippen molar-refractivity contribution < 1.29 is 9.18 Å². The first kappa shape index (κ1) is 14.8. The number of rotatable bonds is 3. The third kappa shape index (κ3) is 3.48. The molecule has 0 bridgehead atoms. The number of urea groups is 1. The number of nitrogens with two attached hydrogens (primary N) is 1. The zero-order valence-electron chi connectivity index (χ0n) is 11.8. The quantitative estimate of drug-likeness (QED) is 0.894. The van der Waals surface area contributed by atoms with Gasteiger partial charge in [-0.2, -0.15) is 0 Å². The second-order valence-corrected chi connectivity index (χ2v) is 5.32. The van der Waals surface area contributed by atoms with E-state index in [0.29, 0.717) is 18.2 Å². The molecule has 3 N–H and O–H groups in total. The third-order valence-corrected chi connectivity index (χ3v) is 4.03. The average Bonchev–Trinajstić information content (AvgIpc) is 2.48. The highest BCUT2D eigenvalue weighted by Crippen LogP contribution is 2.25. The molecule has 1 saturated heterocycles. The van der Waals surface area contributed by atoms with Crippen molar-refractivity contribution in [1.29, 1.82) is 0 Å². The molecule has 2 rings (SSSR count). The summed E-state index contributed by atoms with van der Waals surface area (Å²) < 4.78 is 12.8. The number of benzene rings is 1. The minimum absolute atomic E-state index is 0.0918. The number of piperidine rings is 1. The van der Waals surface area contributed by atoms with Gasteiger partial charge in [-0.05, 0) is 43.0 Å². The van der Waals surface area contributed by atoms with Gasteiger partial charge in [0.1, 0.15) is 5.82 Å². The topological polar surface area (TPSA) is 58.4 Å². The van der Waals surface area contributed by atoms with Crippen molar-refractivity contribution in [3.05, 3.63) is 30.1 Å². The van der Waals surface area contributed by atoms with E-state index in [1.165, 1.54) is 12.1 Å². The van der Waals surface area contributed by atoms with Gasteiger partial charge in [0.15, 0.2) is 0 Å². The molecule has 4 nitrogen and oxygen atoms in total. The Balaban J connectivity index is 1.99. The van der Waals surface area contributed by atoms with Gasteiger partial charge in [0.2, 0.25) is 0 Å². The van der Waals surface area contributed by atoms with E-state index in [-0.39, 0.29) is 17.9 Å². The number of carbonyl (C=O) groups is 1. The number of anilines is 1. The molecule has 1 fully saturated rings. The van der Waals surface area contributed by atoms with E-state index in [0.717, 1.165) is 25.8 Å². The molecule has 1 aliphatic rings. The van der Waals surface area contributed by atoms with Crippen molar-refractivity contribution >= 4 is 11.7 Å². The number of hydrogen-bond donors (Lipinski definition) is 2. The normalized spacial score (nSPS) is 22.6. The number of carbonyl (C=O) groups excluding carboxylic acids is 1. The summed E-state index contributed by atoms with van der Waals surface area (Å²) in [6.07, 6.45) is 3.11. The van der Waals surface area contributed by atoms with Crippen LogP contribution in [0.15, 0.2) is 24.3 Å². The van der Waals surface area contributed by atoms with E-state index in [4.69, 9.17) is 5.73 Å². The number of nitrogens with zero attached hydrogens (tertiary/aromatic N) is 1. The van der Waals surface area contributed by atoms with E-state index in [2.05, 4.69) is 12.2 Å². The van der Waals surface area contributed by atoms with E-state index in [1.54, 1.807) is 17.0 Å². The average molecular weight is 279 g/mol. The molecule has 1 aliphatic heterocycles. The smallest absolute Gasteiger partial charge is 0.322 e. The van der Waals surface area contributed by atoms with Crippen molar-refractivity contribution in [3.63, 3.8) is 0 Å². The van der Waals surface area contributed by atoms with Gasteiger partial charge >= 0.3 is 6.03 Å². The summed E-state index contributed by atoms with van der Waals surface area (Å²) in [5, 5.41) is 2.80. The zero-order valence-corrected chi connectivity index (χ0v) is 11.8. The summed E-state index contributed by atoms with van der Waals surface area (Å²) in [5.74, 6) is 0.338. The molecule has 0 aromatic heterocycles. The Morgan fingerprint density at radius 1 is 1.45 bits per heavy atom. The molecule has 20 heavy (non-hydrogen) atoms. The lowest BCUT2D eigenvalue weighted by Crippen LogP contribution is -2.51. The summed E-state index contributed by atoms with van der Waals surface area (Å²) in [4.78, 5) is 14.1. The lowest BCUT2D eigenvalue weighted by Gasteiger charge is -2.38. The van der Waals surface area contributed by atoms with Crippen LogP contribution in [-0.4, -0.2) is 30.1 Å². The van der Waals surface area contributed by atoms with E-state index < -0.39 is 0 Å². The van der Waals surface area contributed by atoms with Crippen LogP contribution in [0.25, 0.3) is 0 Å². The second-order valence-electron chi connectivity index (χ2n) is 5.32. The van der Waals surface area contributed by atoms with Crippen LogP contribution < -0.4 is 11.1 Å². The Morgan fingerprint density at radius 2 is 2.15 bits per heavy atom. The Morgan fingerprint density at radius 3 is 2.75 bits per heavy atom. The van der Waals surface area contributed by atoms with Crippen molar-refractivity contribution in [2.45, 2.75) is 32.2 Å². The molecule has 0 spiro atoms. The first-order valence-electron chi connectivity index (χ1n) is 7.17. The molecule has 2 unspecified atom stereocenters. The van der Waals surface area contributed by atoms with Crippen LogP contribution in [-0.2, 0) is 0 Å². The summed E-state index contributed by atoms with van der Waals surface area (Å²) in [7, 11) is 0. The largest absolute Gasteiger partial charge is 0.328 e. The molecule has 2 atom stereocenters. The minimum atomic E-state index is -0.313. The van der Waals surface area contributed by atoms with Crippen LogP contribution in [0.1, 0.15) is 26.2 Å². The first-order valence-corrected chi connectivity index (χ1v) is 7.17. The highest BCUT2D eigenvalue weighted by molar-refractivity contribution is 5.89. The fraction of sp³-hybridized carbons (Fsp3) is 0.533. The van der Waals surface area contributed by atoms with Gasteiger partial charge in [0, 0.05) is 24.8 Å². The van der Waals surface area contributed by atoms with Crippen LogP contribution in [0.5, 0.6) is 0 Å². The molecule has 5 heteroatoms. The van der Waals surface area contributed by atoms with Gasteiger partial charge in [0.05, 0.1) is 0 Å². The van der Waals surface area contributed by atoms with Gasteiger partial charge in [0.25, 0.3) is 0 Å². The second kappa shape index (κ2) is 6.70. The first-order chi connectivity index (χ1) is 9.63. The van der Waals surface area contributed by atoms with Crippen molar-refractivity contribution in [3.8, 4) is 0 Å². The lowest BCUT2D eigenvalue weighted by atomic mass is 9.89. The molecule has 2 amide bonds. The van der Waals surface area contributed by atoms with Crippen molar-refractivity contribution in [1.82, 2.24) is 4.90 Å². The summed E-state index contributed by atoms with van der Waals surface area (Å²) in [6, 6.07) is 5.72. The Hall–Kier alpha value is -1.62. The number of halogens is 1. The van der Waals surface area contributed by atoms with Gasteiger partial charge in [-0.3, -0.25) is 0 Å². The molecule has 0 radical (unpaired) electrons. The maximum atomic E-state index is 12.8. The van der Waals surface area contributed by atoms with Crippen LogP contribution in [0.3, 0.4) is 0 Å². The number of nitrogens with one attached hydrogen (secondary N) is 1. The van der Waals surface area contributed by atoms with Crippen LogP contribution >= 0.6 is 0 Å². The molecule has 1 aromatic carbocycles. The molecule has 0 aliphatic carbocycles. The monoisotopic (exact) mass is 279 g/mol. The standard InChI is InChI=1S/C15H22FN3O/c1-2-11-7-8-19(14(9-11)10-17)15(20)18-13-5-3-12(16)4-6-13/h3-6,11,14H,2,7-10,17H2,1H3,(H,18,20). The van der Waals surface area contributed by atoms with Gasteiger partial charge in [-0.1, -0.05) is 13.3 Å². The molecule has 110 valence electrons. The predicted octanol–water partition coefficient (Wildman–Crippen LogP) is 2.81. The number of amides is 2. The SMILES string of the molecule is CCC1CCN(C(=O)Nc2ccc(F)cc2)C(CN)C1. The fourth-order valence-corrected chi connectivity index (χ4v) is 2.72. The molecular formula is C15H22FN3O. The van der Waals surface area contributed by atoms with E-state index in [1.807, 2.05) is 0 Å².